The number of anilines is 1. The molecule has 1 N–H and O–H groups in total. The number of hydrogen-bond acceptors (Lipinski definition) is 4. The summed E-state index contributed by atoms with van der Waals surface area (Å²) in [5.74, 6) is 1.63. The Labute approximate surface area is 113 Å². The highest BCUT2D eigenvalue weighted by Gasteiger charge is 2.14. The predicted octanol–water partition coefficient (Wildman–Crippen LogP) is 2.48. The summed E-state index contributed by atoms with van der Waals surface area (Å²) >= 11 is 0. The maximum absolute atomic E-state index is 4.04. The van der Waals surface area contributed by atoms with E-state index in [-0.39, 0.29) is 0 Å². The van der Waals surface area contributed by atoms with Crippen LogP contribution in [0.15, 0.2) is 24.3 Å². The maximum atomic E-state index is 4.04. The Morgan fingerprint density at radius 1 is 1.32 bits per heavy atom. The molecule has 0 aliphatic heterocycles. The molecule has 5 heteroatoms. The van der Waals surface area contributed by atoms with Crippen LogP contribution in [-0.2, 0) is 7.05 Å². The monoisotopic (exact) mass is 257 g/mol. The van der Waals surface area contributed by atoms with Crippen LogP contribution in [0.5, 0.6) is 0 Å². The third kappa shape index (κ3) is 2.75. The molecule has 1 saturated carbocycles. The lowest BCUT2D eigenvalue weighted by Crippen LogP contribution is -2.10. The zero-order chi connectivity index (χ0) is 13.1. The average molecular weight is 257 g/mol. The summed E-state index contributed by atoms with van der Waals surface area (Å²) in [5, 5.41) is 15.1. The number of aryl methyl sites for hydroxylation is 1. The minimum absolute atomic E-state index is 0.796. The van der Waals surface area contributed by atoms with E-state index in [2.05, 4.69) is 33.0 Å². The fourth-order valence-corrected chi connectivity index (χ4v) is 2.72. The SMILES string of the molecule is Cn1nnnc1-c1cccc(NCC2CCCC2)c1. The standard InChI is InChI=1S/C14H19N5/c1-19-14(16-17-18-19)12-7-4-8-13(9-12)15-10-11-5-2-3-6-11/h4,7-9,11,15H,2-3,5-6,10H2,1H3. The van der Waals surface area contributed by atoms with Crippen LogP contribution in [0.2, 0.25) is 0 Å². The summed E-state index contributed by atoms with van der Waals surface area (Å²) in [5.41, 5.74) is 2.19. The quantitative estimate of drug-likeness (QED) is 0.914. The first-order valence-corrected chi connectivity index (χ1v) is 6.89. The Balaban J connectivity index is 1.71. The van der Waals surface area contributed by atoms with Gasteiger partial charge in [-0.15, -0.1) is 5.10 Å². The molecule has 0 atom stereocenters. The van der Waals surface area contributed by atoms with Gasteiger partial charge in [-0.05, 0) is 41.3 Å². The molecule has 0 radical (unpaired) electrons. The van der Waals surface area contributed by atoms with E-state index in [1.165, 1.54) is 25.7 Å². The smallest absolute Gasteiger partial charge is 0.181 e. The molecule has 0 saturated heterocycles. The van der Waals surface area contributed by atoms with Crippen LogP contribution < -0.4 is 5.32 Å². The summed E-state index contributed by atoms with van der Waals surface area (Å²) in [7, 11) is 1.86. The number of hydrogen-bond donors (Lipinski definition) is 1. The Kier molecular flexibility index (Phi) is 3.44. The average Bonchev–Trinajstić information content (AvgIpc) is 3.08. The minimum Gasteiger partial charge on any atom is -0.385 e. The summed E-state index contributed by atoms with van der Waals surface area (Å²) in [4.78, 5) is 0. The number of aromatic nitrogens is 4. The van der Waals surface area contributed by atoms with Crippen molar-refractivity contribution in [3.63, 3.8) is 0 Å². The van der Waals surface area contributed by atoms with E-state index in [4.69, 9.17) is 0 Å². The molecule has 1 aromatic carbocycles. The predicted molar refractivity (Wildman–Crippen MR) is 74.7 cm³/mol. The summed E-state index contributed by atoms with van der Waals surface area (Å²) < 4.78 is 1.69. The van der Waals surface area contributed by atoms with Crippen molar-refractivity contribution in [3.8, 4) is 11.4 Å². The van der Waals surface area contributed by atoms with Gasteiger partial charge in [-0.1, -0.05) is 25.0 Å². The normalized spacial score (nSPS) is 15.8. The number of rotatable bonds is 4. The second-order valence-corrected chi connectivity index (χ2v) is 5.24. The van der Waals surface area contributed by atoms with E-state index in [0.29, 0.717) is 0 Å². The van der Waals surface area contributed by atoms with Crippen molar-refractivity contribution < 1.29 is 0 Å². The molecule has 3 rings (SSSR count). The van der Waals surface area contributed by atoms with Crippen LogP contribution in [0.3, 0.4) is 0 Å². The number of benzene rings is 1. The Morgan fingerprint density at radius 3 is 2.89 bits per heavy atom. The van der Waals surface area contributed by atoms with Crippen molar-refractivity contribution in [2.24, 2.45) is 13.0 Å². The van der Waals surface area contributed by atoms with Gasteiger partial charge in [-0.2, -0.15) is 0 Å². The van der Waals surface area contributed by atoms with Gasteiger partial charge in [0.05, 0.1) is 0 Å². The van der Waals surface area contributed by atoms with Gasteiger partial charge in [-0.3, -0.25) is 0 Å². The van der Waals surface area contributed by atoms with Crippen LogP contribution in [0.25, 0.3) is 11.4 Å². The van der Waals surface area contributed by atoms with E-state index < -0.39 is 0 Å². The summed E-state index contributed by atoms with van der Waals surface area (Å²) in [6.45, 7) is 1.07. The molecule has 5 nitrogen and oxygen atoms in total. The van der Waals surface area contributed by atoms with Crippen molar-refractivity contribution in [2.45, 2.75) is 25.7 Å². The molecule has 0 bridgehead atoms. The van der Waals surface area contributed by atoms with E-state index >= 15 is 0 Å². The topological polar surface area (TPSA) is 55.6 Å². The number of nitrogens with one attached hydrogen (secondary N) is 1. The first-order chi connectivity index (χ1) is 9.33. The molecule has 0 unspecified atom stereocenters. The minimum atomic E-state index is 0.796. The maximum Gasteiger partial charge on any atom is 0.181 e. The van der Waals surface area contributed by atoms with Gasteiger partial charge in [0.25, 0.3) is 0 Å². The molecule has 1 aromatic heterocycles. The van der Waals surface area contributed by atoms with Crippen molar-refractivity contribution in [2.75, 3.05) is 11.9 Å². The van der Waals surface area contributed by atoms with Gasteiger partial charge in [0.15, 0.2) is 5.82 Å². The highest BCUT2D eigenvalue weighted by molar-refractivity contribution is 5.62. The Bertz CT molecular complexity index is 542. The number of tetrazole rings is 1. The molecule has 100 valence electrons. The van der Waals surface area contributed by atoms with Gasteiger partial charge < -0.3 is 5.32 Å². The van der Waals surface area contributed by atoms with Crippen molar-refractivity contribution >= 4 is 5.69 Å². The van der Waals surface area contributed by atoms with E-state index in [0.717, 1.165) is 29.5 Å². The first-order valence-electron chi connectivity index (χ1n) is 6.89. The van der Waals surface area contributed by atoms with Crippen molar-refractivity contribution in [3.05, 3.63) is 24.3 Å². The van der Waals surface area contributed by atoms with Gasteiger partial charge >= 0.3 is 0 Å². The molecular formula is C14H19N5. The fraction of sp³-hybridized carbons (Fsp3) is 0.500. The highest BCUT2D eigenvalue weighted by atomic mass is 15.5. The van der Waals surface area contributed by atoms with E-state index in [9.17, 15) is 0 Å². The molecular weight excluding hydrogens is 238 g/mol. The van der Waals surface area contributed by atoms with Gasteiger partial charge in [0, 0.05) is 24.8 Å². The lowest BCUT2D eigenvalue weighted by atomic mass is 10.1. The molecule has 2 aromatic rings. The molecule has 19 heavy (non-hydrogen) atoms. The third-order valence-electron chi connectivity index (χ3n) is 3.81. The molecule has 1 fully saturated rings. The zero-order valence-electron chi connectivity index (χ0n) is 11.2. The molecule has 1 aliphatic carbocycles. The van der Waals surface area contributed by atoms with Crippen molar-refractivity contribution in [1.29, 1.82) is 0 Å². The van der Waals surface area contributed by atoms with E-state index in [1.54, 1.807) is 4.68 Å². The Morgan fingerprint density at radius 2 is 2.16 bits per heavy atom. The van der Waals surface area contributed by atoms with Crippen LogP contribution >= 0.6 is 0 Å². The lowest BCUT2D eigenvalue weighted by molar-refractivity contribution is 0.580. The molecule has 0 amide bonds. The summed E-state index contributed by atoms with van der Waals surface area (Å²) in [6.07, 6.45) is 5.49. The highest BCUT2D eigenvalue weighted by Crippen LogP contribution is 2.25. The molecule has 1 heterocycles. The van der Waals surface area contributed by atoms with Crippen LogP contribution in [0.4, 0.5) is 5.69 Å². The van der Waals surface area contributed by atoms with Gasteiger partial charge in [0.2, 0.25) is 0 Å². The largest absolute Gasteiger partial charge is 0.385 e. The number of nitrogens with zero attached hydrogens (tertiary/aromatic N) is 4. The Hall–Kier alpha value is -1.91. The van der Waals surface area contributed by atoms with E-state index in [1.807, 2.05) is 19.2 Å². The van der Waals surface area contributed by atoms with Crippen molar-refractivity contribution in [1.82, 2.24) is 20.2 Å². The zero-order valence-corrected chi connectivity index (χ0v) is 11.2. The lowest BCUT2D eigenvalue weighted by Gasteiger charge is -2.12. The fourth-order valence-electron chi connectivity index (χ4n) is 2.72. The van der Waals surface area contributed by atoms with Crippen LogP contribution in [0.1, 0.15) is 25.7 Å². The molecule has 0 spiro atoms. The second-order valence-electron chi connectivity index (χ2n) is 5.24. The van der Waals surface area contributed by atoms with Crippen LogP contribution in [0, 0.1) is 5.92 Å². The summed E-state index contributed by atoms with van der Waals surface area (Å²) in [6, 6.07) is 8.29. The van der Waals surface area contributed by atoms with Gasteiger partial charge in [0.1, 0.15) is 0 Å². The molecule has 1 aliphatic rings. The first kappa shape index (κ1) is 12.1. The van der Waals surface area contributed by atoms with Crippen LogP contribution in [-0.4, -0.2) is 26.8 Å². The van der Waals surface area contributed by atoms with Gasteiger partial charge in [-0.25, -0.2) is 4.68 Å². The second kappa shape index (κ2) is 5.38. The third-order valence-corrected chi connectivity index (χ3v) is 3.81.